The van der Waals surface area contributed by atoms with Gasteiger partial charge in [-0.1, -0.05) is 17.7 Å². The molecular formula is C15H13ClF2N4O2. The number of benzene rings is 1. The number of carbonyl (C=O) groups is 2. The summed E-state index contributed by atoms with van der Waals surface area (Å²) >= 11 is 5.92. The van der Waals surface area contributed by atoms with Gasteiger partial charge in [-0.3, -0.25) is 9.59 Å². The summed E-state index contributed by atoms with van der Waals surface area (Å²) in [5, 5.41) is 3.93. The van der Waals surface area contributed by atoms with Crippen molar-refractivity contribution in [1.29, 1.82) is 0 Å². The SMILES string of the molecule is O=C(c1ccnn1C(F)F)N1CCN(c2cccc(Cl)c2)C(=O)C1. The van der Waals surface area contributed by atoms with Crippen molar-refractivity contribution in [3.05, 3.63) is 47.2 Å². The van der Waals surface area contributed by atoms with Gasteiger partial charge in [0.2, 0.25) is 5.91 Å². The highest BCUT2D eigenvalue weighted by Gasteiger charge is 2.31. The summed E-state index contributed by atoms with van der Waals surface area (Å²) < 4.78 is 26.0. The van der Waals surface area contributed by atoms with Crippen LogP contribution in [0, 0.1) is 0 Å². The van der Waals surface area contributed by atoms with Crippen molar-refractivity contribution >= 4 is 29.1 Å². The van der Waals surface area contributed by atoms with E-state index in [-0.39, 0.29) is 31.2 Å². The third kappa shape index (κ3) is 3.09. The van der Waals surface area contributed by atoms with E-state index in [0.29, 0.717) is 15.4 Å². The van der Waals surface area contributed by atoms with Crippen LogP contribution in [0.2, 0.25) is 5.02 Å². The van der Waals surface area contributed by atoms with Gasteiger partial charge in [0, 0.05) is 30.0 Å². The van der Waals surface area contributed by atoms with Gasteiger partial charge in [0.1, 0.15) is 12.2 Å². The Hall–Kier alpha value is -2.48. The van der Waals surface area contributed by atoms with Gasteiger partial charge in [-0.05, 0) is 24.3 Å². The molecule has 1 aromatic carbocycles. The molecule has 1 fully saturated rings. The molecule has 24 heavy (non-hydrogen) atoms. The van der Waals surface area contributed by atoms with Crippen LogP contribution in [0.25, 0.3) is 0 Å². The molecule has 2 aromatic rings. The first-order valence-electron chi connectivity index (χ1n) is 7.14. The molecule has 126 valence electrons. The van der Waals surface area contributed by atoms with E-state index in [1.54, 1.807) is 24.3 Å². The molecule has 0 saturated carbocycles. The zero-order valence-electron chi connectivity index (χ0n) is 12.4. The van der Waals surface area contributed by atoms with E-state index in [2.05, 4.69) is 5.10 Å². The Morgan fingerprint density at radius 2 is 2.04 bits per heavy atom. The Kier molecular flexibility index (Phi) is 4.48. The molecule has 1 saturated heterocycles. The fraction of sp³-hybridized carbons (Fsp3) is 0.267. The van der Waals surface area contributed by atoms with Crippen LogP contribution in [-0.2, 0) is 4.79 Å². The van der Waals surface area contributed by atoms with E-state index >= 15 is 0 Å². The number of anilines is 1. The minimum absolute atomic E-state index is 0.195. The molecule has 0 aliphatic carbocycles. The summed E-state index contributed by atoms with van der Waals surface area (Å²) in [5.41, 5.74) is 0.395. The molecule has 1 aliphatic heterocycles. The zero-order valence-corrected chi connectivity index (χ0v) is 13.2. The number of alkyl halides is 2. The molecule has 3 rings (SSSR count). The first-order chi connectivity index (χ1) is 11.5. The van der Waals surface area contributed by atoms with Crippen molar-refractivity contribution in [2.45, 2.75) is 6.55 Å². The van der Waals surface area contributed by atoms with Gasteiger partial charge in [0.05, 0.1) is 0 Å². The molecule has 0 N–H and O–H groups in total. The lowest BCUT2D eigenvalue weighted by Crippen LogP contribution is -2.52. The van der Waals surface area contributed by atoms with Crippen molar-refractivity contribution in [3.8, 4) is 0 Å². The molecule has 1 aromatic heterocycles. The summed E-state index contributed by atoms with van der Waals surface area (Å²) in [4.78, 5) is 27.4. The van der Waals surface area contributed by atoms with Gasteiger partial charge < -0.3 is 9.80 Å². The third-order valence-electron chi connectivity index (χ3n) is 3.70. The van der Waals surface area contributed by atoms with E-state index in [1.807, 2.05) is 0 Å². The second-order valence-electron chi connectivity index (χ2n) is 5.19. The van der Waals surface area contributed by atoms with Gasteiger partial charge in [-0.25, -0.2) is 0 Å². The minimum atomic E-state index is -2.91. The first-order valence-corrected chi connectivity index (χ1v) is 7.52. The molecule has 6 nitrogen and oxygen atoms in total. The highest BCUT2D eigenvalue weighted by Crippen LogP contribution is 2.22. The van der Waals surface area contributed by atoms with Crippen LogP contribution in [-0.4, -0.2) is 46.1 Å². The Morgan fingerprint density at radius 3 is 2.71 bits per heavy atom. The minimum Gasteiger partial charge on any atom is -0.326 e. The number of piperazine rings is 1. The maximum Gasteiger partial charge on any atom is 0.333 e. The average Bonchev–Trinajstić information content (AvgIpc) is 3.04. The monoisotopic (exact) mass is 354 g/mol. The highest BCUT2D eigenvalue weighted by atomic mass is 35.5. The molecule has 2 heterocycles. The lowest BCUT2D eigenvalue weighted by molar-refractivity contribution is -0.120. The molecule has 0 radical (unpaired) electrons. The Labute approximate surface area is 141 Å². The van der Waals surface area contributed by atoms with Crippen molar-refractivity contribution in [2.75, 3.05) is 24.5 Å². The van der Waals surface area contributed by atoms with Crippen LogP contribution in [0.5, 0.6) is 0 Å². The van der Waals surface area contributed by atoms with Gasteiger partial charge in [0.25, 0.3) is 5.91 Å². The number of hydrogen-bond donors (Lipinski definition) is 0. The van der Waals surface area contributed by atoms with Gasteiger partial charge in [-0.15, -0.1) is 0 Å². The summed E-state index contributed by atoms with van der Waals surface area (Å²) in [7, 11) is 0. The zero-order chi connectivity index (χ0) is 17.3. The molecule has 0 unspecified atom stereocenters. The summed E-state index contributed by atoms with van der Waals surface area (Å²) in [6.07, 6.45) is 1.13. The molecule has 1 aliphatic rings. The number of rotatable bonds is 3. The molecule has 2 amide bonds. The van der Waals surface area contributed by atoms with Crippen molar-refractivity contribution in [2.24, 2.45) is 0 Å². The predicted molar refractivity (Wildman–Crippen MR) is 83.2 cm³/mol. The number of halogens is 3. The third-order valence-corrected chi connectivity index (χ3v) is 3.94. The Morgan fingerprint density at radius 1 is 1.25 bits per heavy atom. The summed E-state index contributed by atoms with van der Waals surface area (Å²) in [6.45, 7) is -2.62. The smallest absolute Gasteiger partial charge is 0.326 e. The maximum atomic E-state index is 12.8. The number of hydrogen-bond acceptors (Lipinski definition) is 3. The highest BCUT2D eigenvalue weighted by molar-refractivity contribution is 6.30. The van der Waals surface area contributed by atoms with E-state index in [9.17, 15) is 18.4 Å². The van der Waals surface area contributed by atoms with E-state index in [0.717, 1.165) is 6.20 Å². The number of nitrogens with zero attached hydrogens (tertiary/aromatic N) is 4. The van der Waals surface area contributed by atoms with Crippen LogP contribution in [0.3, 0.4) is 0 Å². The largest absolute Gasteiger partial charge is 0.333 e. The Balaban J connectivity index is 1.74. The molecule has 0 bridgehead atoms. The summed E-state index contributed by atoms with van der Waals surface area (Å²) in [5.74, 6) is -0.952. The number of aromatic nitrogens is 2. The van der Waals surface area contributed by atoms with Crippen molar-refractivity contribution < 1.29 is 18.4 Å². The molecular weight excluding hydrogens is 342 g/mol. The lowest BCUT2D eigenvalue weighted by Gasteiger charge is -2.34. The number of carbonyl (C=O) groups excluding carboxylic acids is 2. The van der Waals surface area contributed by atoms with Gasteiger partial charge in [0.15, 0.2) is 0 Å². The molecule has 9 heteroatoms. The van der Waals surface area contributed by atoms with Crippen LogP contribution in [0.15, 0.2) is 36.5 Å². The Bertz CT molecular complexity index is 780. The van der Waals surface area contributed by atoms with E-state index in [1.165, 1.54) is 15.9 Å². The van der Waals surface area contributed by atoms with Crippen molar-refractivity contribution in [3.63, 3.8) is 0 Å². The second kappa shape index (κ2) is 6.56. The fourth-order valence-electron chi connectivity index (χ4n) is 2.56. The van der Waals surface area contributed by atoms with Gasteiger partial charge in [-0.2, -0.15) is 18.6 Å². The van der Waals surface area contributed by atoms with Gasteiger partial charge >= 0.3 is 6.55 Å². The van der Waals surface area contributed by atoms with Crippen LogP contribution in [0.4, 0.5) is 14.5 Å². The predicted octanol–water partition coefficient (Wildman–Crippen LogP) is 2.42. The van der Waals surface area contributed by atoms with E-state index < -0.39 is 12.5 Å². The van der Waals surface area contributed by atoms with Crippen LogP contribution in [0.1, 0.15) is 17.0 Å². The topological polar surface area (TPSA) is 58.4 Å². The van der Waals surface area contributed by atoms with Crippen molar-refractivity contribution in [1.82, 2.24) is 14.7 Å². The second-order valence-corrected chi connectivity index (χ2v) is 5.63. The molecule has 0 spiro atoms. The summed E-state index contributed by atoms with van der Waals surface area (Å²) in [6, 6.07) is 8.03. The van der Waals surface area contributed by atoms with E-state index in [4.69, 9.17) is 11.6 Å². The average molecular weight is 355 g/mol. The quantitative estimate of drug-likeness (QED) is 0.850. The van der Waals surface area contributed by atoms with Crippen LogP contribution >= 0.6 is 11.6 Å². The standard InChI is InChI=1S/C15H13ClF2N4O2/c16-10-2-1-3-11(8-10)21-7-6-20(9-13(21)23)14(24)12-4-5-19-22(12)15(17)18/h1-5,8,15H,6-7,9H2. The normalized spacial score (nSPS) is 15.2. The maximum absolute atomic E-state index is 12.8. The lowest BCUT2D eigenvalue weighted by atomic mass is 10.2. The fourth-order valence-corrected chi connectivity index (χ4v) is 2.75. The first kappa shape index (κ1) is 16.4. The number of amides is 2. The molecule has 0 atom stereocenters. The van der Waals surface area contributed by atoms with Crippen LogP contribution < -0.4 is 4.90 Å².